The number of nitriles is 1. The fourth-order valence-electron chi connectivity index (χ4n) is 1.12. The van der Waals surface area contributed by atoms with E-state index in [4.69, 9.17) is 16.9 Å². The van der Waals surface area contributed by atoms with Crippen molar-refractivity contribution in [1.82, 2.24) is 4.98 Å². The Labute approximate surface area is 103 Å². The number of nitrogens with zero attached hydrogens (tertiary/aromatic N) is 2. The highest BCUT2D eigenvalue weighted by Crippen LogP contribution is 2.35. The van der Waals surface area contributed by atoms with E-state index in [0.717, 1.165) is 6.07 Å². The first-order valence-corrected chi connectivity index (χ1v) is 5.41. The molecule has 0 N–H and O–H groups in total. The molecule has 0 aromatic carbocycles. The van der Waals surface area contributed by atoms with Crippen LogP contribution in [0.25, 0.3) is 0 Å². The first-order chi connectivity index (χ1) is 7.40. The lowest BCUT2D eigenvalue weighted by molar-refractivity contribution is -0.138. The van der Waals surface area contributed by atoms with E-state index in [2.05, 4.69) is 20.9 Å². The van der Waals surface area contributed by atoms with Gasteiger partial charge in [-0.3, -0.25) is 4.98 Å². The largest absolute Gasteiger partial charge is 0.418 e. The number of pyridine rings is 1. The van der Waals surface area contributed by atoms with Gasteiger partial charge in [0.15, 0.2) is 0 Å². The molecular formula is C9H5BrClF3N2. The van der Waals surface area contributed by atoms with Crippen molar-refractivity contribution in [3.8, 4) is 6.07 Å². The van der Waals surface area contributed by atoms with Gasteiger partial charge in [0.25, 0.3) is 0 Å². The Morgan fingerprint density at radius 1 is 1.56 bits per heavy atom. The molecule has 0 saturated carbocycles. The first-order valence-electron chi connectivity index (χ1n) is 4.08. The molecule has 0 bridgehead atoms. The maximum atomic E-state index is 12.6. The molecule has 0 spiro atoms. The van der Waals surface area contributed by atoms with Gasteiger partial charge in [-0.2, -0.15) is 18.4 Å². The summed E-state index contributed by atoms with van der Waals surface area (Å²) in [6, 6.07) is 2.58. The van der Waals surface area contributed by atoms with Crippen molar-refractivity contribution < 1.29 is 13.2 Å². The van der Waals surface area contributed by atoms with Crippen LogP contribution < -0.4 is 0 Å². The minimum absolute atomic E-state index is 0.204. The van der Waals surface area contributed by atoms with Gasteiger partial charge in [0.05, 0.1) is 17.3 Å². The average molecular weight is 314 g/mol. The molecule has 1 rings (SSSR count). The zero-order valence-corrected chi connectivity index (χ0v) is 10.1. The van der Waals surface area contributed by atoms with E-state index < -0.39 is 17.7 Å². The third-order valence-electron chi connectivity index (χ3n) is 1.83. The Morgan fingerprint density at radius 2 is 2.19 bits per heavy atom. The molecule has 7 heteroatoms. The lowest BCUT2D eigenvalue weighted by atomic mass is 10.0. The summed E-state index contributed by atoms with van der Waals surface area (Å²) in [5.41, 5.74) is -1.28. The van der Waals surface area contributed by atoms with Crippen molar-refractivity contribution in [1.29, 1.82) is 5.26 Å². The van der Waals surface area contributed by atoms with E-state index >= 15 is 0 Å². The van der Waals surface area contributed by atoms with Crippen molar-refractivity contribution >= 4 is 27.5 Å². The maximum absolute atomic E-state index is 12.6. The van der Waals surface area contributed by atoms with Gasteiger partial charge in [-0.1, -0.05) is 0 Å². The molecule has 2 nitrogen and oxygen atoms in total. The summed E-state index contributed by atoms with van der Waals surface area (Å²) in [4.78, 5) is 3.61. The van der Waals surface area contributed by atoms with Crippen LogP contribution in [-0.4, -0.2) is 10.9 Å². The van der Waals surface area contributed by atoms with Crippen LogP contribution in [0.4, 0.5) is 13.2 Å². The van der Waals surface area contributed by atoms with Crippen LogP contribution in [-0.2, 0) is 6.18 Å². The lowest BCUT2D eigenvalue weighted by Gasteiger charge is -2.14. The predicted molar refractivity (Wildman–Crippen MR) is 56.0 cm³/mol. The summed E-state index contributed by atoms with van der Waals surface area (Å²) in [5.74, 6) is -1.29. The van der Waals surface area contributed by atoms with Gasteiger partial charge in [-0.15, -0.1) is 11.6 Å². The molecule has 1 heterocycles. The second kappa shape index (κ2) is 5.02. The Balaban J connectivity index is 3.35. The minimum atomic E-state index is -4.55. The number of aromatic nitrogens is 1. The Morgan fingerprint density at radius 3 is 2.62 bits per heavy atom. The quantitative estimate of drug-likeness (QED) is 0.780. The van der Waals surface area contributed by atoms with Crippen molar-refractivity contribution in [2.24, 2.45) is 0 Å². The van der Waals surface area contributed by atoms with E-state index in [1.54, 1.807) is 6.07 Å². The molecule has 0 aliphatic rings. The van der Waals surface area contributed by atoms with E-state index in [-0.39, 0.29) is 16.0 Å². The summed E-state index contributed by atoms with van der Waals surface area (Å²) in [6.45, 7) is 0. The lowest BCUT2D eigenvalue weighted by Crippen LogP contribution is -2.14. The molecule has 1 aromatic heterocycles. The van der Waals surface area contributed by atoms with Crippen LogP contribution in [0.15, 0.2) is 16.7 Å². The van der Waals surface area contributed by atoms with Crippen molar-refractivity contribution in [2.75, 3.05) is 5.88 Å². The van der Waals surface area contributed by atoms with Crippen LogP contribution in [0.3, 0.4) is 0 Å². The molecule has 16 heavy (non-hydrogen) atoms. The minimum Gasteiger partial charge on any atom is -0.258 e. The number of halogens is 5. The van der Waals surface area contributed by atoms with E-state index in [1.807, 2.05) is 0 Å². The van der Waals surface area contributed by atoms with Crippen LogP contribution in [0.2, 0.25) is 0 Å². The monoisotopic (exact) mass is 312 g/mol. The molecule has 1 unspecified atom stereocenters. The van der Waals surface area contributed by atoms with Gasteiger partial charge in [0.1, 0.15) is 5.92 Å². The third kappa shape index (κ3) is 2.86. The second-order valence-electron chi connectivity index (χ2n) is 2.92. The molecule has 0 amide bonds. The van der Waals surface area contributed by atoms with Gasteiger partial charge in [-0.05, 0) is 22.0 Å². The molecule has 86 valence electrons. The molecule has 0 saturated heterocycles. The molecule has 1 aromatic rings. The van der Waals surface area contributed by atoms with Crippen LogP contribution in [0.1, 0.15) is 17.2 Å². The summed E-state index contributed by atoms with van der Waals surface area (Å²) in [7, 11) is 0. The summed E-state index contributed by atoms with van der Waals surface area (Å²) >= 11 is 8.33. The second-order valence-corrected chi connectivity index (χ2v) is 4.14. The van der Waals surface area contributed by atoms with Gasteiger partial charge in [-0.25, -0.2) is 0 Å². The third-order valence-corrected chi connectivity index (χ3v) is 2.57. The number of rotatable bonds is 2. The Kier molecular flexibility index (Phi) is 4.16. The smallest absolute Gasteiger partial charge is 0.258 e. The van der Waals surface area contributed by atoms with Crippen molar-refractivity contribution in [2.45, 2.75) is 12.1 Å². The fraction of sp³-hybridized carbons (Fsp3) is 0.333. The molecule has 0 aliphatic heterocycles. The average Bonchev–Trinajstić information content (AvgIpc) is 2.20. The van der Waals surface area contributed by atoms with Crippen LogP contribution >= 0.6 is 27.5 Å². The van der Waals surface area contributed by atoms with Gasteiger partial charge in [0.2, 0.25) is 0 Å². The molecule has 0 fully saturated rings. The standard InChI is InChI=1S/C9H5BrClF3N2/c10-6-1-7(9(12,13)14)8(16-4-6)5(2-11)3-15/h1,4-5H,2H2. The Bertz CT molecular complexity index is 428. The SMILES string of the molecule is N#CC(CCl)c1ncc(Br)cc1C(F)(F)F. The van der Waals surface area contributed by atoms with Gasteiger partial charge < -0.3 is 0 Å². The van der Waals surface area contributed by atoms with Crippen molar-refractivity contribution in [3.05, 3.63) is 28.0 Å². The molecule has 0 aliphatic carbocycles. The topological polar surface area (TPSA) is 36.7 Å². The highest BCUT2D eigenvalue weighted by Gasteiger charge is 2.36. The Hall–Kier alpha value is -0.800. The maximum Gasteiger partial charge on any atom is 0.418 e. The highest BCUT2D eigenvalue weighted by molar-refractivity contribution is 9.10. The number of hydrogen-bond donors (Lipinski definition) is 0. The van der Waals surface area contributed by atoms with E-state index in [1.165, 1.54) is 6.20 Å². The fourth-order valence-corrected chi connectivity index (χ4v) is 1.67. The van der Waals surface area contributed by atoms with Crippen LogP contribution in [0, 0.1) is 11.3 Å². The highest BCUT2D eigenvalue weighted by atomic mass is 79.9. The van der Waals surface area contributed by atoms with Crippen molar-refractivity contribution in [3.63, 3.8) is 0 Å². The number of hydrogen-bond acceptors (Lipinski definition) is 2. The zero-order chi connectivity index (χ0) is 12.3. The molecular weight excluding hydrogens is 308 g/mol. The normalized spacial score (nSPS) is 13.2. The van der Waals surface area contributed by atoms with E-state index in [0.29, 0.717) is 0 Å². The first kappa shape index (κ1) is 13.3. The number of alkyl halides is 4. The molecule has 0 radical (unpaired) electrons. The summed E-state index contributed by atoms with van der Waals surface area (Å²) in [6.07, 6.45) is -3.34. The van der Waals surface area contributed by atoms with Gasteiger partial charge >= 0.3 is 6.18 Å². The van der Waals surface area contributed by atoms with Gasteiger partial charge in [0, 0.05) is 16.5 Å². The zero-order valence-electron chi connectivity index (χ0n) is 7.72. The predicted octanol–water partition coefficient (Wildman–Crippen LogP) is 3.71. The summed E-state index contributed by atoms with van der Waals surface area (Å²) < 4.78 is 38.1. The molecule has 1 atom stereocenters. The van der Waals surface area contributed by atoms with Crippen LogP contribution in [0.5, 0.6) is 0 Å². The van der Waals surface area contributed by atoms with E-state index in [9.17, 15) is 13.2 Å². The summed E-state index contributed by atoms with van der Waals surface area (Å²) in [5, 5.41) is 8.69.